The lowest BCUT2D eigenvalue weighted by molar-refractivity contribution is -0.140. The number of hydrogen-bond donors (Lipinski definition) is 1. The molecule has 1 unspecified atom stereocenters. The van der Waals surface area contributed by atoms with E-state index in [4.69, 9.17) is 9.47 Å². The fourth-order valence-electron chi connectivity index (χ4n) is 2.54. The lowest BCUT2D eigenvalue weighted by Crippen LogP contribution is -2.36. The van der Waals surface area contributed by atoms with Crippen LogP contribution >= 0.6 is 22.7 Å². The first-order valence-electron chi connectivity index (χ1n) is 8.39. The third-order valence-corrected chi connectivity index (χ3v) is 6.82. The van der Waals surface area contributed by atoms with Gasteiger partial charge in [-0.3, -0.25) is 14.1 Å². The van der Waals surface area contributed by atoms with E-state index in [9.17, 15) is 22.6 Å². The van der Waals surface area contributed by atoms with Crippen molar-refractivity contribution in [1.82, 2.24) is 9.97 Å². The SMILES string of the molecule is O=C(CC(C(=O)Oc1nc2ccccc2s1)S(=O)(=O)O)Oc1nc2ccccc2s1. The van der Waals surface area contributed by atoms with Gasteiger partial charge in [0.05, 0.1) is 26.9 Å². The molecule has 0 saturated carbocycles. The molecule has 2 aromatic carbocycles. The van der Waals surface area contributed by atoms with Crippen molar-refractivity contribution in [3.8, 4) is 10.4 Å². The van der Waals surface area contributed by atoms with Gasteiger partial charge in [0, 0.05) is 0 Å². The van der Waals surface area contributed by atoms with Crippen molar-refractivity contribution in [2.75, 3.05) is 0 Å². The standard InChI is InChI=1S/C18H12N2O7S3/c21-15(26-17-19-10-5-1-3-7-12(10)28-17)9-14(30(23,24)25)16(22)27-18-20-11-6-2-4-8-13(11)29-18/h1-8,14H,9H2,(H,23,24,25). The second-order valence-electron chi connectivity index (χ2n) is 6.00. The average Bonchev–Trinajstić information content (AvgIpc) is 3.27. The molecule has 4 aromatic rings. The molecular weight excluding hydrogens is 452 g/mol. The van der Waals surface area contributed by atoms with Crippen molar-refractivity contribution in [3.05, 3.63) is 48.5 Å². The first-order valence-corrected chi connectivity index (χ1v) is 11.5. The van der Waals surface area contributed by atoms with Crippen LogP contribution < -0.4 is 9.47 Å². The number of carbonyl (C=O) groups excluding carboxylic acids is 2. The Kier molecular flexibility index (Phi) is 5.47. The Morgan fingerprint density at radius 3 is 1.90 bits per heavy atom. The van der Waals surface area contributed by atoms with E-state index < -0.39 is 33.7 Å². The highest BCUT2D eigenvalue weighted by molar-refractivity contribution is 7.87. The van der Waals surface area contributed by atoms with Crippen molar-refractivity contribution in [1.29, 1.82) is 0 Å². The Bertz CT molecular complexity index is 1290. The molecule has 0 bridgehead atoms. The van der Waals surface area contributed by atoms with Crippen molar-refractivity contribution in [2.24, 2.45) is 0 Å². The number of para-hydroxylation sites is 2. The highest BCUT2D eigenvalue weighted by Crippen LogP contribution is 2.29. The molecule has 2 aromatic heterocycles. The molecule has 12 heteroatoms. The van der Waals surface area contributed by atoms with Crippen LogP contribution in [0.1, 0.15) is 6.42 Å². The van der Waals surface area contributed by atoms with Crippen molar-refractivity contribution in [2.45, 2.75) is 11.7 Å². The Morgan fingerprint density at radius 2 is 1.40 bits per heavy atom. The minimum atomic E-state index is -4.94. The van der Waals surface area contributed by atoms with Gasteiger partial charge in [0.1, 0.15) is 0 Å². The number of fused-ring (bicyclic) bond motifs is 2. The van der Waals surface area contributed by atoms with E-state index in [1.807, 2.05) is 0 Å². The number of nitrogens with zero attached hydrogens (tertiary/aromatic N) is 2. The highest BCUT2D eigenvalue weighted by atomic mass is 32.2. The van der Waals surface area contributed by atoms with Gasteiger partial charge in [-0.05, 0) is 24.3 Å². The quantitative estimate of drug-likeness (QED) is 0.337. The lowest BCUT2D eigenvalue weighted by atomic mass is 10.3. The van der Waals surface area contributed by atoms with Gasteiger partial charge in [0.15, 0.2) is 5.25 Å². The molecule has 9 nitrogen and oxygen atoms in total. The van der Waals surface area contributed by atoms with Crippen LogP contribution in [0.2, 0.25) is 0 Å². The molecule has 30 heavy (non-hydrogen) atoms. The number of rotatable bonds is 6. The fraction of sp³-hybridized carbons (Fsp3) is 0.111. The van der Waals surface area contributed by atoms with Crippen LogP contribution in [0.25, 0.3) is 20.4 Å². The Morgan fingerprint density at radius 1 is 0.900 bits per heavy atom. The van der Waals surface area contributed by atoms with Crippen LogP contribution in [0, 0.1) is 0 Å². The molecule has 0 aliphatic heterocycles. The van der Waals surface area contributed by atoms with Crippen molar-refractivity contribution < 1.29 is 32.0 Å². The van der Waals surface area contributed by atoms with E-state index in [2.05, 4.69) is 9.97 Å². The van der Waals surface area contributed by atoms with E-state index in [0.717, 1.165) is 32.1 Å². The van der Waals surface area contributed by atoms with Crippen LogP contribution in [0.4, 0.5) is 0 Å². The number of benzene rings is 2. The topological polar surface area (TPSA) is 133 Å². The average molecular weight is 465 g/mol. The summed E-state index contributed by atoms with van der Waals surface area (Å²) in [5, 5.41) is -2.27. The number of carbonyl (C=O) groups is 2. The molecular formula is C18H12N2O7S3. The van der Waals surface area contributed by atoms with E-state index in [0.29, 0.717) is 11.0 Å². The summed E-state index contributed by atoms with van der Waals surface area (Å²) >= 11 is 2.11. The van der Waals surface area contributed by atoms with Gasteiger partial charge in [-0.15, -0.1) is 0 Å². The second kappa shape index (κ2) is 8.07. The van der Waals surface area contributed by atoms with Gasteiger partial charge in [-0.25, -0.2) is 9.97 Å². The van der Waals surface area contributed by atoms with Gasteiger partial charge in [0.2, 0.25) is 0 Å². The predicted molar refractivity (Wildman–Crippen MR) is 110 cm³/mol. The van der Waals surface area contributed by atoms with Gasteiger partial charge in [-0.1, -0.05) is 46.9 Å². The zero-order chi connectivity index (χ0) is 21.3. The summed E-state index contributed by atoms with van der Waals surface area (Å²) in [6.07, 6.45) is -0.946. The maximum absolute atomic E-state index is 12.3. The molecule has 0 aliphatic rings. The van der Waals surface area contributed by atoms with Crippen LogP contribution in [0.15, 0.2) is 48.5 Å². The zero-order valence-corrected chi connectivity index (χ0v) is 17.4. The molecule has 0 aliphatic carbocycles. The number of hydrogen-bond acceptors (Lipinski definition) is 10. The van der Waals surface area contributed by atoms with Gasteiger partial charge in [0.25, 0.3) is 20.5 Å². The van der Waals surface area contributed by atoms with Gasteiger partial charge < -0.3 is 9.47 Å². The summed E-state index contributed by atoms with van der Waals surface area (Å²) in [7, 11) is -4.94. The van der Waals surface area contributed by atoms with Crippen molar-refractivity contribution >= 4 is 65.2 Å². The van der Waals surface area contributed by atoms with Gasteiger partial charge in [-0.2, -0.15) is 8.42 Å². The molecule has 0 radical (unpaired) electrons. The molecule has 1 atom stereocenters. The summed E-state index contributed by atoms with van der Waals surface area (Å²) < 4.78 is 44.3. The van der Waals surface area contributed by atoms with E-state index in [-0.39, 0.29) is 10.4 Å². The summed E-state index contributed by atoms with van der Waals surface area (Å²) in [6, 6.07) is 14.0. The summed E-state index contributed by atoms with van der Waals surface area (Å²) in [6.45, 7) is 0. The largest absolute Gasteiger partial charge is 0.398 e. The van der Waals surface area contributed by atoms with Crippen LogP contribution in [-0.4, -0.2) is 40.1 Å². The molecule has 0 amide bonds. The molecule has 2 heterocycles. The monoisotopic (exact) mass is 464 g/mol. The first kappa shape index (κ1) is 20.3. The van der Waals surface area contributed by atoms with Gasteiger partial charge >= 0.3 is 11.9 Å². The third-order valence-electron chi connectivity index (χ3n) is 3.91. The maximum atomic E-state index is 12.3. The zero-order valence-electron chi connectivity index (χ0n) is 14.9. The van der Waals surface area contributed by atoms with E-state index >= 15 is 0 Å². The summed E-state index contributed by atoms with van der Waals surface area (Å²) in [5.74, 6) is -2.39. The molecule has 154 valence electrons. The normalized spacial score (nSPS) is 12.7. The second-order valence-corrected chi connectivity index (χ2v) is 9.58. The number of ether oxygens (including phenoxy) is 2. The Labute approximate surface area is 177 Å². The first-order chi connectivity index (χ1) is 14.3. The fourth-order valence-corrected chi connectivity index (χ4v) is 4.83. The molecule has 0 saturated heterocycles. The van der Waals surface area contributed by atoms with E-state index in [1.165, 1.54) is 0 Å². The third kappa shape index (κ3) is 4.46. The predicted octanol–water partition coefficient (Wildman–Crippen LogP) is 3.06. The summed E-state index contributed by atoms with van der Waals surface area (Å²) in [5.41, 5.74) is 1.16. The maximum Gasteiger partial charge on any atom is 0.334 e. The van der Waals surface area contributed by atoms with Crippen LogP contribution in [0.3, 0.4) is 0 Å². The minimum absolute atomic E-state index is 0.00479. The summed E-state index contributed by atoms with van der Waals surface area (Å²) in [4.78, 5) is 32.7. The number of esters is 2. The Balaban J connectivity index is 1.48. The highest BCUT2D eigenvalue weighted by Gasteiger charge is 2.37. The number of aromatic nitrogens is 2. The number of thiazole rings is 2. The van der Waals surface area contributed by atoms with Crippen molar-refractivity contribution in [3.63, 3.8) is 0 Å². The molecule has 1 N–H and O–H groups in total. The van der Waals surface area contributed by atoms with E-state index in [1.54, 1.807) is 48.5 Å². The smallest absolute Gasteiger partial charge is 0.334 e. The lowest BCUT2D eigenvalue weighted by Gasteiger charge is -2.10. The molecule has 4 rings (SSSR count). The molecule has 0 fully saturated rings. The minimum Gasteiger partial charge on any atom is -0.398 e. The Hall–Kier alpha value is -2.93. The van der Waals surface area contributed by atoms with Crippen LogP contribution in [-0.2, 0) is 19.7 Å². The molecule has 0 spiro atoms. The van der Waals surface area contributed by atoms with Crippen LogP contribution in [0.5, 0.6) is 10.4 Å².